The van der Waals surface area contributed by atoms with E-state index in [0.717, 1.165) is 31.2 Å². The van der Waals surface area contributed by atoms with E-state index >= 15 is 0 Å². The van der Waals surface area contributed by atoms with Gasteiger partial charge in [0.25, 0.3) is 0 Å². The van der Waals surface area contributed by atoms with Crippen LogP contribution in [0.3, 0.4) is 0 Å². The summed E-state index contributed by atoms with van der Waals surface area (Å²) in [5.74, 6) is -1.33. The second-order valence-electron chi connectivity index (χ2n) is 11.8. The smallest absolute Gasteiger partial charge is 0.247 e. The van der Waals surface area contributed by atoms with Crippen LogP contribution in [0.25, 0.3) is 0 Å². The minimum absolute atomic E-state index is 0.0332. The molecule has 7 atom stereocenters. The topological polar surface area (TPSA) is 81.2 Å². The van der Waals surface area contributed by atoms with E-state index in [2.05, 4.69) is 27.0 Å². The van der Waals surface area contributed by atoms with Crippen molar-refractivity contribution in [3.05, 3.63) is 61.2 Å². The van der Waals surface area contributed by atoms with Gasteiger partial charge in [-0.3, -0.25) is 14.4 Å². The molecule has 41 heavy (non-hydrogen) atoms. The SMILES string of the molecule is C=CCN(CCCCC)C(=O)C1N([C@@H](CC)CO)C(=O)[C@@H]2[C@@H](C(=O)N(CC=C)Cc3ccccc3)[C@H]3CC(C)C12S3. The van der Waals surface area contributed by atoms with Gasteiger partial charge in [-0.05, 0) is 30.7 Å². The molecular formula is C33H47N3O4S. The number of hydrogen-bond acceptors (Lipinski definition) is 5. The summed E-state index contributed by atoms with van der Waals surface area (Å²) in [5.41, 5.74) is 1.02. The summed E-state index contributed by atoms with van der Waals surface area (Å²) in [4.78, 5) is 48.7. The van der Waals surface area contributed by atoms with Crippen LogP contribution in [-0.2, 0) is 20.9 Å². The maximum atomic E-state index is 14.5. The highest BCUT2D eigenvalue weighted by atomic mass is 32.2. The molecule has 3 unspecified atom stereocenters. The largest absolute Gasteiger partial charge is 0.394 e. The van der Waals surface area contributed by atoms with Gasteiger partial charge >= 0.3 is 0 Å². The van der Waals surface area contributed by atoms with Crippen molar-refractivity contribution in [1.82, 2.24) is 14.7 Å². The standard InChI is InChI=1S/C33H47N3O4S/c1-6-10-14-19-34(17-7-2)32(40)29-33-23(5)20-26(41-33)27(28(33)31(39)36(29)25(9-4)22-37)30(38)35(18-8-3)21-24-15-12-11-13-16-24/h7-8,11-13,15-16,23,25-29,37H,2-3,6,9-10,14,17-22H2,1,4-5H3/t23?,25-,26+,27-,28-,29?,33?/m0/s1. The molecule has 3 fully saturated rings. The lowest BCUT2D eigenvalue weighted by Crippen LogP contribution is -2.59. The van der Waals surface area contributed by atoms with Crippen LogP contribution in [0.4, 0.5) is 0 Å². The highest BCUT2D eigenvalue weighted by Gasteiger charge is 2.76. The fourth-order valence-corrected chi connectivity index (χ4v) is 9.80. The summed E-state index contributed by atoms with van der Waals surface area (Å²) in [5, 5.41) is 10.4. The van der Waals surface area contributed by atoms with Crippen LogP contribution >= 0.6 is 11.8 Å². The number of aliphatic hydroxyl groups is 1. The van der Waals surface area contributed by atoms with Crippen molar-refractivity contribution in [2.75, 3.05) is 26.2 Å². The van der Waals surface area contributed by atoms with Crippen molar-refractivity contribution >= 4 is 29.5 Å². The minimum atomic E-state index is -0.719. The lowest BCUT2D eigenvalue weighted by Gasteiger charge is -2.42. The Balaban J connectivity index is 1.75. The Morgan fingerprint density at radius 2 is 1.80 bits per heavy atom. The van der Waals surface area contributed by atoms with Crippen molar-refractivity contribution < 1.29 is 19.5 Å². The van der Waals surface area contributed by atoms with E-state index in [9.17, 15) is 19.5 Å². The minimum Gasteiger partial charge on any atom is -0.394 e. The van der Waals surface area contributed by atoms with Crippen molar-refractivity contribution in [2.45, 2.75) is 81.5 Å². The number of nitrogens with zero attached hydrogens (tertiary/aromatic N) is 3. The molecule has 3 aliphatic rings. The number of hydrogen-bond donors (Lipinski definition) is 1. The van der Waals surface area contributed by atoms with Crippen LogP contribution in [0, 0.1) is 17.8 Å². The molecule has 1 aromatic carbocycles. The van der Waals surface area contributed by atoms with Gasteiger partial charge in [-0.1, -0.05) is 76.1 Å². The lowest BCUT2D eigenvalue weighted by molar-refractivity contribution is -0.147. The first kappa shape index (κ1) is 31.4. The van der Waals surface area contributed by atoms with E-state index in [0.29, 0.717) is 32.6 Å². The molecule has 3 amide bonds. The van der Waals surface area contributed by atoms with Crippen LogP contribution in [0.15, 0.2) is 55.6 Å². The Hall–Kier alpha value is -2.58. The zero-order chi connectivity index (χ0) is 29.7. The number of rotatable bonds is 15. The number of unbranched alkanes of at least 4 members (excludes halogenated alkanes) is 2. The molecule has 0 aromatic heterocycles. The van der Waals surface area contributed by atoms with Gasteiger partial charge < -0.3 is 19.8 Å². The number of carbonyl (C=O) groups is 3. The average Bonchev–Trinajstić information content (AvgIpc) is 3.57. The van der Waals surface area contributed by atoms with Crippen LogP contribution in [0.1, 0.15) is 58.4 Å². The van der Waals surface area contributed by atoms with E-state index < -0.39 is 28.7 Å². The molecule has 3 heterocycles. The number of thioether (sulfide) groups is 1. The molecule has 3 aliphatic heterocycles. The van der Waals surface area contributed by atoms with Gasteiger partial charge in [0.1, 0.15) is 6.04 Å². The van der Waals surface area contributed by atoms with E-state index in [1.807, 2.05) is 42.2 Å². The molecule has 8 heteroatoms. The summed E-state index contributed by atoms with van der Waals surface area (Å²) in [6, 6.07) is 8.67. The second-order valence-corrected chi connectivity index (χ2v) is 13.4. The molecule has 1 spiro atoms. The molecule has 2 bridgehead atoms. The zero-order valence-corrected chi connectivity index (χ0v) is 25.7. The molecule has 0 aliphatic carbocycles. The van der Waals surface area contributed by atoms with E-state index in [1.54, 1.807) is 33.7 Å². The summed E-state index contributed by atoms with van der Waals surface area (Å²) >= 11 is 1.69. The molecular weight excluding hydrogens is 534 g/mol. The summed E-state index contributed by atoms with van der Waals surface area (Å²) in [6.45, 7) is 15.6. The Labute approximate surface area is 250 Å². The van der Waals surface area contributed by atoms with Crippen molar-refractivity contribution in [3.63, 3.8) is 0 Å². The van der Waals surface area contributed by atoms with E-state index in [4.69, 9.17) is 0 Å². The normalized spacial score (nSPS) is 28.8. The summed E-state index contributed by atoms with van der Waals surface area (Å²) in [7, 11) is 0. The molecule has 0 radical (unpaired) electrons. The summed E-state index contributed by atoms with van der Waals surface area (Å²) in [6.07, 6.45) is 7.73. The highest BCUT2D eigenvalue weighted by Crippen LogP contribution is 2.69. The van der Waals surface area contributed by atoms with E-state index in [1.165, 1.54) is 0 Å². The third kappa shape index (κ3) is 5.62. The summed E-state index contributed by atoms with van der Waals surface area (Å²) < 4.78 is -0.710. The lowest BCUT2D eigenvalue weighted by atomic mass is 9.65. The molecule has 224 valence electrons. The first-order valence-electron chi connectivity index (χ1n) is 15.2. The molecule has 0 saturated carbocycles. The van der Waals surface area contributed by atoms with E-state index in [-0.39, 0.29) is 35.5 Å². The average molecular weight is 582 g/mol. The molecule has 1 aromatic rings. The van der Waals surface area contributed by atoms with Crippen LogP contribution in [-0.4, -0.2) is 85.8 Å². The van der Waals surface area contributed by atoms with Crippen molar-refractivity contribution in [1.29, 1.82) is 0 Å². The van der Waals surface area contributed by atoms with Gasteiger partial charge in [-0.2, -0.15) is 0 Å². The van der Waals surface area contributed by atoms with Gasteiger partial charge in [-0.15, -0.1) is 24.9 Å². The quantitative estimate of drug-likeness (QED) is 0.244. The van der Waals surface area contributed by atoms with Crippen molar-refractivity contribution in [2.24, 2.45) is 17.8 Å². The molecule has 3 saturated heterocycles. The van der Waals surface area contributed by atoms with Crippen LogP contribution in [0.5, 0.6) is 0 Å². The van der Waals surface area contributed by atoms with Crippen molar-refractivity contribution in [3.8, 4) is 0 Å². The Bertz CT molecular complexity index is 1110. The van der Waals surface area contributed by atoms with Gasteiger partial charge in [0.2, 0.25) is 17.7 Å². The number of benzene rings is 1. The third-order valence-electron chi connectivity index (χ3n) is 9.35. The fourth-order valence-electron chi connectivity index (χ4n) is 7.40. The maximum Gasteiger partial charge on any atom is 0.247 e. The Morgan fingerprint density at radius 1 is 1.12 bits per heavy atom. The van der Waals surface area contributed by atoms with Gasteiger partial charge in [0.05, 0.1) is 29.2 Å². The number of fused-ring (bicyclic) bond motifs is 1. The second kappa shape index (κ2) is 13.6. The van der Waals surface area contributed by atoms with Crippen LogP contribution < -0.4 is 0 Å². The third-order valence-corrected chi connectivity index (χ3v) is 11.4. The Morgan fingerprint density at radius 3 is 2.41 bits per heavy atom. The van der Waals surface area contributed by atoms with Gasteiger partial charge in [0, 0.05) is 31.4 Å². The molecule has 4 rings (SSSR count). The predicted octanol–water partition coefficient (Wildman–Crippen LogP) is 4.51. The fraction of sp³-hybridized carbons (Fsp3) is 0.606. The number of aliphatic hydroxyl groups excluding tert-OH is 1. The zero-order valence-electron chi connectivity index (χ0n) is 24.9. The monoisotopic (exact) mass is 581 g/mol. The highest BCUT2D eigenvalue weighted by molar-refractivity contribution is 8.02. The molecule has 1 N–H and O–H groups in total. The number of amides is 3. The predicted molar refractivity (Wildman–Crippen MR) is 165 cm³/mol. The van der Waals surface area contributed by atoms with Gasteiger partial charge in [0.15, 0.2) is 0 Å². The number of carbonyl (C=O) groups excluding carboxylic acids is 3. The first-order valence-corrected chi connectivity index (χ1v) is 16.1. The van der Waals surface area contributed by atoms with Gasteiger partial charge in [-0.25, -0.2) is 0 Å². The first-order chi connectivity index (χ1) is 19.8. The molecule has 7 nitrogen and oxygen atoms in total. The maximum absolute atomic E-state index is 14.5. The van der Waals surface area contributed by atoms with Crippen LogP contribution in [0.2, 0.25) is 0 Å². The Kier molecular flexibility index (Phi) is 10.4. The number of likely N-dealkylation sites (tertiary alicyclic amines) is 1.